The number of rotatable bonds is 0. The summed E-state index contributed by atoms with van der Waals surface area (Å²) >= 11 is 0. The predicted octanol–water partition coefficient (Wildman–Crippen LogP) is 6.00. The summed E-state index contributed by atoms with van der Waals surface area (Å²) in [7, 11) is 0. The summed E-state index contributed by atoms with van der Waals surface area (Å²) < 4.78 is 0. The molecule has 0 fully saturated rings. The van der Waals surface area contributed by atoms with Gasteiger partial charge in [0.15, 0.2) is 0 Å². The number of benzene rings is 2. The zero-order valence-corrected chi connectivity index (χ0v) is 16.4. The van der Waals surface area contributed by atoms with Gasteiger partial charge in [0, 0.05) is 0 Å². The van der Waals surface area contributed by atoms with E-state index in [-0.39, 0.29) is 10.8 Å². The van der Waals surface area contributed by atoms with Crippen LogP contribution in [0.4, 0.5) is 0 Å². The summed E-state index contributed by atoms with van der Waals surface area (Å²) in [4.78, 5) is 0. The molecule has 0 spiro atoms. The Kier molecular flexibility index (Phi) is 6.10. The Hall–Kier alpha value is -1.96. The van der Waals surface area contributed by atoms with E-state index in [1.807, 2.05) is 25.1 Å². The van der Waals surface area contributed by atoms with E-state index in [0.29, 0.717) is 11.5 Å². The van der Waals surface area contributed by atoms with Crippen LogP contribution in [-0.2, 0) is 10.8 Å². The molecule has 2 aromatic rings. The SMILES string of the molecule is Cc1cc(C(C)(C)C)c(O)c(C(C)(C)C)c1.Cc1ccccc1O. The number of aromatic hydroxyl groups is 2. The topological polar surface area (TPSA) is 40.5 Å². The fourth-order valence-corrected chi connectivity index (χ4v) is 2.49. The third-order valence-electron chi connectivity index (χ3n) is 3.99. The van der Waals surface area contributed by atoms with Crippen molar-refractivity contribution in [3.05, 3.63) is 58.7 Å². The van der Waals surface area contributed by atoms with Crippen LogP contribution in [0.1, 0.15) is 63.8 Å². The second-order valence-electron chi connectivity index (χ2n) is 8.50. The second-order valence-corrected chi connectivity index (χ2v) is 8.50. The lowest BCUT2D eigenvalue weighted by molar-refractivity contribution is 0.423. The molecule has 2 rings (SSSR count). The van der Waals surface area contributed by atoms with Crippen LogP contribution in [0.15, 0.2) is 36.4 Å². The Bertz CT molecular complexity index is 630. The molecule has 132 valence electrons. The van der Waals surface area contributed by atoms with Crippen molar-refractivity contribution in [1.29, 1.82) is 0 Å². The van der Waals surface area contributed by atoms with E-state index < -0.39 is 0 Å². The van der Waals surface area contributed by atoms with Crippen LogP contribution in [0.25, 0.3) is 0 Å². The molecule has 0 atom stereocenters. The molecule has 0 bridgehead atoms. The smallest absolute Gasteiger partial charge is 0.123 e. The van der Waals surface area contributed by atoms with Crippen LogP contribution >= 0.6 is 0 Å². The molecule has 0 saturated heterocycles. The van der Waals surface area contributed by atoms with Crippen molar-refractivity contribution < 1.29 is 10.2 Å². The first-order valence-electron chi connectivity index (χ1n) is 8.43. The highest BCUT2D eigenvalue weighted by atomic mass is 16.3. The monoisotopic (exact) mass is 328 g/mol. The summed E-state index contributed by atoms with van der Waals surface area (Å²) in [5.41, 5.74) is 4.18. The lowest BCUT2D eigenvalue weighted by atomic mass is 9.78. The van der Waals surface area contributed by atoms with Gasteiger partial charge in [0.05, 0.1) is 0 Å². The van der Waals surface area contributed by atoms with Crippen molar-refractivity contribution in [2.75, 3.05) is 0 Å². The van der Waals surface area contributed by atoms with E-state index in [0.717, 1.165) is 16.7 Å². The highest BCUT2D eigenvalue weighted by molar-refractivity contribution is 5.49. The second kappa shape index (κ2) is 7.29. The van der Waals surface area contributed by atoms with Gasteiger partial charge in [-0.2, -0.15) is 0 Å². The minimum Gasteiger partial charge on any atom is -0.508 e. The van der Waals surface area contributed by atoms with Gasteiger partial charge in [0.1, 0.15) is 11.5 Å². The number of phenols is 2. The molecule has 2 nitrogen and oxygen atoms in total. The molecular formula is C22H32O2. The normalized spacial score (nSPS) is 11.7. The lowest BCUT2D eigenvalue weighted by Gasteiger charge is -2.27. The summed E-state index contributed by atoms with van der Waals surface area (Å²) in [5.74, 6) is 0.832. The molecule has 2 aromatic carbocycles. The van der Waals surface area contributed by atoms with Crippen LogP contribution in [0, 0.1) is 13.8 Å². The number of aryl methyl sites for hydroxylation is 2. The lowest BCUT2D eigenvalue weighted by Crippen LogP contribution is -2.17. The van der Waals surface area contributed by atoms with Crippen LogP contribution in [0.3, 0.4) is 0 Å². The van der Waals surface area contributed by atoms with Gasteiger partial charge in [-0.3, -0.25) is 0 Å². The van der Waals surface area contributed by atoms with Gasteiger partial charge < -0.3 is 10.2 Å². The molecule has 0 heterocycles. The van der Waals surface area contributed by atoms with Crippen molar-refractivity contribution in [3.63, 3.8) is 0 Å². The van der Waals surface area contributed by atoms with Crippen molar-refractivity contribution in [3.8, 4) is 11.5 Å². The molecule has 0 saturated carbocycles. The quantitative estimate of drug-likeness (QED) is 0.623. The Balaban J connectivity index is 0.000000300. The molecule has 2 N–H and O–H groups in total. The zero-order chi connectivity index (χ0) is 18.7. The van der Waals surface area contributed by atoms with Crippen molar-refractivity contribution in [2.45, 2.75) is 66.2 Å². The summed E-state index contributed by atoms with van der Waals surface area (Å²) in [6.07, 6.45) is 0. The average molecular weight is 328 g/mol. The minimum absolute atomic E-state index is 0.0178. The van der Waals surface area contributed by atoms with E-state index in [4.69, 9.17) is 5.11 Å². The Morgan fingerprint density at radius 3 is 1.42 bits per heavy atom. The third-order valence-corrected chi connectivity index (χ3v) is 3.99. The third kappa shape index (κ3) is 5.30. The molecule has 0 aliphatic heterocycles. The molecule has 0 aromatic heterocycles. The van der Waals surface area contributed by atoms with E-state index in [9.17, 15) is 5.11 Å². The fourth-order valence-electron chi connectivity index (χ4n) is 2.49. The van der Waals surface area contributed by atoms with Gasteiger partial charge >= 0.3 is 0 Å². The van der Waals surface area contributed by atoms with Crippen molar-refractivity contribution in [2.24, 2.45) is 0 Å². The number of phenolic OH excluding ortho intramolecular Hbond substituents is 2. The molecular weight excluding hydrogens is 296 g/mol. The standard InChI is InChI=1S/C15H24O.C7H8O/c1-10-8-11(14(2,3)4)13(16)12(9-10)15(5,6)7;1-6-4-2-3-5-7(6)8/h8-9,16H,1-7H3;2-5,8H,1H3. The minimum atomic E-state index is -0.0178. The highest BCUT2D eigenvalue weighted by Gasteiger charge is 2.25. The van der Waals surface area contributed by atoms with Gasteiger partial charge in [0.2, 0.25) is 0 Å². The first kappa shape index (κ1) is 20.1. The highest BCUT2D eigenvalue weighted by Crippen LogP contribution is 2.39. The molecule has 24 heavy (non-hydrogen) atoms. The fraction of sp³-hybridized carbons (Fsp3) is 0.455. The van der Waals surface area contributed by atoms with Gasteiger partial charge in [-0.1, -0.05) is 77.4 Å². The molecule has 0 unspecified atom stereocenters. The largest absolute Gasteiger partial charge is 0.508 e. The zero-order valence-electron chi connectivity index (χ0n) is 16.4. The van der Waals surface area contributed by atoms with Crippen LogP contribution in [-0.4, -0.2) is 10.2 Å². The summed E-state index contributed by atoms with van der Waals surface area (Å²) in [5, 5.41) is 19.3. The molecule has 0 amide bonds. The molecule has 0 aliphatic carbocycles. The van der Waals surface area contributed by atoms with E-state index in [2.05, 4.69) is 60.6 Å². The average Bonchev–Trinajstić information content (AvgIpc) is 2.42. The van der Waals surface area contributed by atoms with E-state index >= 15 is 0 Å². The molecule has 0 radical (unpaired) electrons. The maximum absolute atomic E-state index is 10.4. The van der Waals surface area contributed by atoms with Crippen LogP contribution in [0.5, 0.6) is 11.5 Å². The Morgan fingerprint density at radius 1 is 0.708 bits per heavy atom. The van der Waals surface area contributed by atoms with Crippen molar-refractivity contribution >= 4 is 0 Å². The number of para-hydroxylation sites is 1. The molecule has 0 aliphatic rings. The Labute approximate surface area is 147 Å². The van der Waals surface area contributed by atoms with E-state index in [1.165, 1.54) is 5.56 Å². The first-order valence-corrected chi connectivity index (χ1v) is 8.43. The Morgan fingerprint density at radius 2 is 1.12 bits per heavy atom. The van der Waals surface area contributed by atoms with E-state index in [1.54, 1.807) is 6.07 Å². The number of hydrogen-bond acceptors (Lipinski definition) is 2. The summed E-state index contributed by atoms with van der Waals surface area (Å²) in [6.45, 7) is 16.8. The number of hydrogen-bond donors (Lipinski definition) is 2. The molecule has 2 heteroatoms. The van der Waals surface area contributed by atoms with Crippen LogP contribution < -0.4 is 0 Å². The van der Waals surface area contributed by atoms with Crippen molar-refractivity contribution in [1.82, 2.24) is 0 Å². The first-order chi connectivity index (χ1) is 10.8. The predicted molar refractivity (Wildman–Crippen MR) is 103 cm³/mol. The maximum Gasteiger partial charge on any atom is 0.123 e. The maximum atomic E-state index is 10.4. The van der Waals surface area contributed by atoms with Gasteiger partial charge in [-0.25, -0.2) is 0 Å². The van der Waals surface area contributed by atoms with Crippen LogP contribution in [0.2, 0.25) is 0 Å². The van der Waals surface area contributed by atoms with Gasteiger partial charge in [-0.15, -0.1) is 0 Å². The summed E-state index contributed by atoms with van der Waals surface area (Å²) in [6, 6.07) is 11.4. The van der Waals surface area contributed by atoms with Gasteiger partial charge in [0.25, 0.3) is 0 Å². The van der Waals surface area contributed by atoms with Gasteiger partial charge in [-0.05, 0) is 47.4 Å².